The molecule has 0 fully saturated rings. The molecule has 5 nitrogen and oxygen atoms in total. The van der Waals surface area contributed by atoms with Crippen LogP contribution >= 0.6 is 0 Å². The van der Waals surface area contributed by atoms with E-state index in [1.165, 1.54) is 0 Å². The van der Waals surface area contributed by atoms with Crippen LogP contribution in [-0.2, 0) is 6.54 Å². The number of aliphatic imine (C=N–C) groups is 1. The summed E-state index contributed by atoms with van der Waals surface area (Å²) >= 11 is 0. The largest absolute Gasteiger partial charge is 0.388 e. The van der Waals surface area contributed by atoms with Gasteiger partial charge in [0, 0.05) is 19.3 Å². The Bertz CT molecular complexity index is 362. The van der Waals surface area contributed by atoms with Gasteiger partial charge in [0.15, 0.2) is 0 Å². The summed E-state index contributed by atoms with van der Waals surface area (Å²) < 4.78 is 0. The molecule has 82 valence electrons. The maximum atomic E-state index is 8.73. The Morgan fingerprint density at radius 1 is 1.53 bits per heavy atom. The van der Waals surface area contributed by atoms with Gasteiger partial charge in [-0.1, -0.05) is 0 Å². The molecule has 15 heavy (non-hydrogen) atoms. The molecule has 0 aromatic heterocycles. The van der Waals surface area contributed by atoms with E-state index in [9.17, 15) is 0 Å². The zero-order chi connectivity index (χ0) is 11.3. The molecule has 1 rings (SSSR count). The minimum Gasteiger partial charge on any atom is -0.388 e. The van der Waals surface area contributed by atoms with Gasteiger partial charge >= 0.3 is 0 Å². The summed E-state index contributed by atoms with van der Waals surface area (Å²) in [6.07, 6.45) is 0. The van der Waals surface area contributed by atoms with Gasteiger partial charge in [-0.05, 0) is 23.8 Å². The van der Waals surface area contributed by atoms with Gasteiger partial charge < -0.3 is 21.9 Å². The minimum atomic E-state index is -0.244. The van der Waals surface area contributed by atoms with Gasteiger partial charge in [-0.2, -0.15) is 0 Å². The molecule has 0 aliphatic carbocycles. The van der Waals surface area contributed by atoms with Crippen molar-refractivity contribution in [3.05, 3.63) is 23.8 Å². The summed E-state index contributed by atoms with van der Waals surface area (Å²) in [5, 5.41) is 11.8. The maximum absolute atomic E-state index is 8.73. The predicted octanol–water partition coefficient (Wildman–Crippen LogP) is 0.168. The molecule has 0 aliphatic rings. The molecule has 6 N–H and O–H groups in total. The van der Waals surface area contributed by atoms with Gasteiger partial charge in [-0.15, -0.1) is 0 Å². The van der Waals surface area contributed by atoms with Crippen molar-refractivity contribution in [1.82, 2.24) is 0 Å². The lowest BCUT2D eigenvalue weighted by Gasteiger charge is -2.07. The molecule has 0 unspecified atom stereocenters. The fraction of sp³-hybridized carbons (Fsp3) is 0.300. The lowest BCUT2D eigenvalue weighted by Crippen LogP contribution is -2.15. The smallest absolute Gasteiger partial charge is 0.125 e. The number of nitrogens with one attached hydrogen (secondary N) is 1. The number of amidine groups is 1. The van der Waals surface area contributed by atoms with Crippen molar-refractivity contribution in [2.45, 2.75) is 6.54 Å². The highest BCUT2D eigenvalue weighted by molar-refractivity contribution is 5.84. The zero-order valence-electron chi connectivity index (χ0n) is 8.70. The molecule has 0 radical (unpaired) electrons. The monoisotopic (exact) mass is 208 g/mol. The van der Waals surface area contributed by atoms with Crippen LogP contribution in [0.1, 0.15) is 5.56 Å². The fourth-order valence-corrected chi connectivity index (χ4v) is 1.26. The number of nitrogens with two attached hydrogens (primary N) is 2. The van der Waals surface area contributed by atoms with E-state index < -0.39 is 0 Å². The number of hydrogen-bond donors (Lipinski definition) is 4. The lowest BCUT2D eigenvalue weighted by atomic mass is 10.1. The van der Waals surface area contributed by atoms with Gasteiger partial charge in [-0.3, -0.25) is 0 Å². The summed E-state index contributed by atoms with van der Waals surface area (Å²) in [5.74, 6) is 0.190. The van der Waals surface area contributed by atoms with E-state index >= 15 is 0 Å². The van der Waals surface area contributed by atoms with Crippen molar-refractivity contribution >= 4 is 17.2 Å². The van der Waals surface area contributed by atoms with Crippen LogP contribution in [0.4, 0.5) is 11.4 Å². The van der Waals surface area contributed by atoms with Gasteiger partial charge in [0.1, 0.15) is 12.4 Å². The molecule has 0 atom stereocenters. The summed E-state index contributed by atoms with van der Waals surface area (Å²) in [6, 6.07) is 5.54. The van der Waals surface area contributed by atoms with Gasteiger partial charge in [-0.25, -0.2) is 4.99 Å². The van der Waals surface area contributed by atoms with Crippen LogP contribution in [0.3, 0.4) is 0 Å². The first-order valence-corrected chi connectivity index (χ1v) is 4.66. The van der Waals surface area contributed by atoms with Crippen LogP contribution < -0.4 is 16.8 Å². The first kappa shape index (κ1) is 11.5. The molecule has 0 saturated heterocycles. The zero-order valence-corrected chi connectivity index (χ0v) is 8.70. The third kappa shape index (κ3) is 2.93. The molecule has 0 amide bonds. The van der Waals surface area contributed by atoms with Crippen LogP contribution in [-0.4, -0.2) is 24.6 Å². The van der Waals surface area contributed by atoms with E-state index in [4.69, 9.17) is 16.6 Å². The van der Waals surface area contributed by atoms with Crippen molar-refractivity contribution < 1.29 is 5.11 Å². The van der Waals surface area contributed by atoms with Crippen molar-refractivity contribution in [1.29, 1.82) is 0 Å². The second-order valence-electron chi connectivity index (χ2n) is 3.06. The second-order valence-corrected chi connectivity index (χ2v) is 3.06. The van der Waals surface area contributed by atoms with E-state index in [1.54, 1.807) is 0 Å². The summed E-state index contributed by atoms with van der Waals surface area (Å²) in [6.45, 7) is 0.185. The number of benzene rings is 1. The molecular formula is C10H16N4O. The van der Waals surface area contributed by atoms with E-state index in [0.717, 1.165) is 11.3 Å². The van der Waals surface area contributed by atoms with Crippen LogP contribution in [0.25, 0.3) is 0 Å². The average molecular weight is 208 g/mol. The topological polar surface area (TPSA) is 96.7 Å². The molecule has 1 aromatic rings. The first-order valence-electron chi connectivity index (χ1n) is 4.66. The van der Waals surface area contributed by atoms with Crippen molar-refractivity contribution in [3.63, 3.8) is 0 Å². The Morgan fingerprint density at radius 2 is 2.27 bits per heavy atom. The fourth-order valence-electron chi connectivity index (χ4n) is 1.26. The molecule has 0 bridgehead atoms. The van der Waals surface area contributed by atoms with Gasteiger partial charge in [0.2, 0.25) is 0 Å². The molecule has 1 aromatic carbocycles. The third-order valence-electron chi connectivity index (χ3n) is 2.01. The predicted molar refractivity (Wildman–Crippen MR) is 62.2 cm³/mol. The number of aliphatic hydroxyl groups is 1. The van der Waals surface area contributed by atoms with Crippen LogP contribution in [0.5, 0.6) is 0 Å². The number of rotatable bonds is 4. The molecule has 0 spiro atoms. The van der Waals surface area contributed by atoms with E-state index in [0.29, 0.717) is 12.2 Å². The van der Waals surface area contributed by atoms with Gasteiger partial charge in [0.05, 0.1) is 5.69 Å². The Kier molecular flexibility index (Phi) is 4.08. The minimum absolute atomic E-state index is 0.190. The number of hydrogen-bond acceptors (Lipinski definition) is 4. The highest BCUT2D eigenvalue weighted by atomic mass is 16.3. The maximum Gasteiger partial charge on any atom is 0.125 e. The van der Waals surface area contributed by atoms with Crippen LogP contribution in [0.2, 0.25) is 0 Å². The molecule has 5 heteroatoms. The normalized spacial score (nSPS) is 11.5. The quantitative estimate of drug-likeness (QED) is 0.419. The highest BCUT2D eigenvalue weighted by Crippen LogP contribution is 2.21. The molecule has 0 saturated carbocycles. The van der Waals surface area contributed by atoms with E-state index in [2.05, 4.69) is 10.3 Å². The molecule has 0 aliphatic heterocycles. The first-order chi connectivity index (χ1) is 7.21. The van der Waals surface area contributed by atoms with Gasteiger partial charge in [0.25, 0.3) is 0 Å². The summed E-state index contributed by atoms with van der Waals surface area (Å²) in [5.41, 5.74) is 13.6. The Labute approximate surface area is 88.8 Å². The summed E-state index contributed by atoms with van der Waals surface area (Å²) in [7, 11) is 1.83. The standard InChI is InChI=1S/C10H16N4O/c1-13-9-3-2-8(4-7(9)5-11)14-10(12)6-15/h2-4,13,15H,5-6,11H2,1H3,(H2,12,14). The molecular weight excluding hydrogens is 192 g/mol. The van der Waals surface area contributed by atoms with Crippen molar-refractivity contribution in [2.75, 3.05) is 19.0 Å². The van der Waals surface area contributed by atoms with Crippen LogP contribution in [0.15, 0.2) is 23.2 Å². The van der Waals surface area contributed by atoms with Crippen molar-refractivity contribution in [2.24, 2.45) is 16.5 Å². The Morgan fingerprint density at radius 3 is 2.80 bits per heavy atom. The third-order valence-corrected chi connectivity index (χ3v) is 2.01. The number of anilines is 1. The Balaban J connectivity index is 3.03. The van der Waals surface area contributed by atoms with E-state index in [1.807, 2.05) is 25.2 Å². The SMILES string of the molecule is CNc1ccc(N=C(N)CO)cc1CN. The summed E-state index contributed by atoms with van der Waals surface area (Å²) in [4.78, 5) is 4.02. The number of nitrogens with zero attached hydrogens (tertiary/aromatic N) is 1. The average Bonchev–Trinajstić information content (AvgIpc) is 2.28. The van der Waals surface area contributed by atoms with Crippen molar-refractivity contribution in [3.8, 4) is 0 Å². The molecule has 0 heterocycles. The van der Waals surface area contributed by atoms with E-state index in [-0.39, 0.29) is 12.4 Å². The number of aliphatic hydroxyl groups excluding tert-OH is 1. The highest BCUT2D eigenvalue weighted by Gasteiger charge is 2.00. The Hall–Kier alpha value is -1.59. The second kappa shape index (κ2) is 5.33. The lowest BCUT2D eigenvalue weighted by molar-refractivity contribution is 0.356. The van der Waals surface area contributed by atoms with Crippen LogP contribution in [0, 0.1) is 0 Å².